The Morgan fingerprint density at radius 3 is 1.93 bits per heavy atom. The molecule has 0 spiro atoms. The Balaban J connectivity index is 1.30. The van der Waals surface area contributed by atoms with E-state index in [2.05, 4.69) is 128 Å². The van der Waals surface area contributed by atoms with Crippen LogP contribution in [0.25, 0.3) is 49.9 Å². The van der Waals surface area contributed by atoms with Crippen molar-refractivity contribution in [3.63, 3.8) is 0 Å². The highest BCUT2D eigenvalue weighted by atomic mass is 14.7. The third-order valence-electron chi connectivity index (χ3n) is 9.46. The van der Waals surface area contributed by atoms with Crippen LogP contribution in [-0.4, -0.2) is 4.98 Å². The number of nitrogens with zero attached hydrogens (tertiary/aromatic N) is 1. The van der Waals surface area contributed by atoms with Gasteiger partial charge < -0.3 is 0 Å². The summed E-state index contributed by atoms with van der Waals surface area (Å²) in [6.07, 6.45) is 20.2. The van der Waals surface area contributed by atoms with E-state index in [1.807, 2.05) is 0 Å². The second-order valence-corrected chi connectivity index (χ2v) is 12.0. The summed E-state index contributed by atoms with van der Waals surface area (Å²) < 4.78 is 0. The summed E-state index contributed by atoms with van der Waals surface area (Å²) in [4.78, 5) is 5.08. The van der Waals surface area contributed by atoms with Gasteiger partial charge in [-0.15, -0.1) is 0 Å². The van der Waals surface area contributed by atoms with Gasteiger partial charge in [0.05, 0.1) is 11.4 Å². The fraction of sp³-hybridized carbons (Fsp3) is 0.167. The summed E-state index contributed by atoms with van der Waals surface area (Å²) in [5, 5.41) is 8.23. The molecule has 8 rings (SSSR count). The Bertz CT molecular complexity index is 2130. The molecule has 0 unspecified atom stereocenters. The molecule has 3 aliphatic carbocycles. The zero-order chi connectivity index (χ0) is 28.8. The van der Waals surface area contributed by atoms with Crippen LogP contribution in [0.3, 0.4) is 0 Å². The van der Waals surface area contributed by atoms with E-state index in [1.165, 1.54) is 71.0 Å². The minimum atomic E-state index is 0.988. The highest BCUT2D eigenvalue weighted by Crippen LogP contribution is 2.43. The van der Waals surface area contributed by atoms with Gasteiger partial charge in [0.1, 0.15) is 0 Å². The predicted octanol–water partition coefficient (Wildman–Crippen LogP) is 9.46. The molecule has 0 bridgehead atoms. The molecule has 208 valence electrons. The summed E-state index contributed by atoms with van der Waals surface area (Å²) in [6.45, 7) is 2.24. The Morgan fingerprint density at radius 2 is 1.23 bits per heavy atom. The van der Waals surface area contributed by atoms with Crippen molar-refractivity contribution >= 4 is 49.9 Å². The van der Waals surface area contributed by atoms with E-state index in [1.54, 1.807) is 0 Å². The molecule has 1 aromatic heterocycles. The van der Waals surface area contributed by atoms with Gasteiger partial charge in [-0.3, -0.25) is 0 Å². The van der Waals surface area contributed by atoms with Gasteiger partial charge in [-0.05, 0) is 129 Å². The van der Waals surface area contributed by atoms with E-state index in [9.17, 15) is 0 Å². The second-order valence-electron chi connectivity index (χ2n) is 12.0. The second kappa shape index (κ2) is 10.8. The third-order valence-corrected chi connectivity index (χ3v) is 9.46. The van der Waals surface area contributed by atoms with Crippen molar-refractivity contribution in [2.75, 3.05) is 0 Å². The van der Waals surface area contributed by atoms with E-state index in [0.29, 0.717) is 0 Å². The molecule has 1 nitrogen and oxygen atoms in total. The number of hydrogen-bond donors (Lipinski definition) is 0. The molecule has 1 heteroatoms. The fourth-order valence-corrected chi connectivity index (χ4v) is 7.41. The summed E-state index contributed by atoms with van der Waals surface area (Å²) >= 11 is 0. The molecule has 3 aliphatic rings. The van der Waals surface area contributed by atoms with Crippen LogP contribution in [0.4, 0.5) is 0 Å². The molecular formula is C42H35N. The smallest absolute Gasteiger partial charge is 0.0706 e. The van der Waals surface area contributed by atoms with Gasteiger partial charge in [0.15, 0.2) is 0 Å². The molecular weight excluding hydrogens is 518 g/mol. The lowest BCUT2D eigenvalue weighted by Crippen LogP contribution is -2.32. The fourth-order valence-electron chi connectivity index (χ4n) is 7.41. The molecule has 0 aliphatic heterocycles. The Labute approximate surface area is 253 Å². The van der Waals surface area contributed by atoms with Crippen LogP contribution in [0.15, 0.2) is 115 Å². The van der Waals surface area contributed by atoms with Gasteiger partial charge in [-0.2, -0.15) is 0 Å². The Kier molecular flexibility index (Phi) is 6.52. The predicted molar refractivity (Wildman–Crippen MR) is 184 cm³/mol. The molecule has 0 saturated carbocycles. The number of rotatable bonds is 4. The number of aryl methyl sites for hydroxylation is 1. The van der Waals surface area contributed by atoms with Crippen molar-refractivity contribution < 1.29 is 0 Å². The average molecular weight is 554 g/mol. The van der Waals surface area contributed by atoms with Gasteiger partial charge in [0.25, 0.3) is 0 Å². The average Bonchev–Trinajstić information content (AvgIpc) is 3.08. The molecule has 1 heterocycles. The molecule has 0 saturated heterocycles. The van der Waals surface area contributed by atoms with Gasteiger partial charge in [-0.1, -0.05) is 109 Å². The first-order valence-electron chi connectivity index (χ1n) is 15.7. The van der Waals surface area contributed by atoms with Crippen molar-refractivity contribution in [3.8, 4) is 0 Å². The SMILES string of the molecule is Cc1cccc2c1=CCCC=2c1c2ccccc2c(C2=CC=C(c3cccc(C4=CCCC=C4)n3)CC2)c2ccccc12. The number of fused-ring (bicyclic) bond motifs is 3. The number of benzene rings is 4. The highest BCUT2D eigenvalue weighted by molar-refractivity contribution is 6.16. The van der Waals surface area contributed by atoms with E-state index in [0.717, 1.165) is 49.9 Å². The Morgan fingerprint density at radius 1 is 0.558 bits per heavy atom. The molecule has 0 radical (unpaired) electrons. The maximum Gasteiger partial charge on any atom is 0.0706 e. The lowest BCUT2D eigenvalue weighted by Gasteiger charge is -2.23. The summed E-state index contributed by atoms with van der Waals surface area (Å²) in [6, 6.07) is 31.4. The summed E-state index contributed by atoms with van der Waals surface area (Å²) in [5.41, 5.74) is 11.8. The Hall–Kier alpha value is -4.75. The highest BCUT2D eigenvalue weighted by Gasteiger charge is 2.21. The van der Waals surface area contributed by atoms with Gasteiger partial charge >= 0.3 is 0 Å². The number of aromatic nitrogens is 1. The van der Waals surface area contributed by atoms with Gasteiger partial charge in [0, 0.05) is 0 Å². The van der Waals surface area contributed by atoms with Crippen LogP contribution >= 0.6 is 0 Å². The molecule has 43 heavy (non-hydrogen) atoms. The van der Waals surface area contributed by atoms with Crippen molar-refractivity contribution in [2.24, 2.45) is 0 Å². The number of pyridine rings is 1. The maximum absolute atomic E-state index is 5.08. The zero-order valence-electron chi connectivity index (χ0n) is 24.7. The van der Waals surface area contributed by atoms with Crippen molar-refractivity contribution in [1.82, 2.24) is 4.98 Å². The van der Waals surface area contributed by atoms with Crippen LogP contribution in [-0.2, 0) is 0 Å². The van der Waals surface area contributed by atoms with Crippen molar-refractivity contribution in [3.05, 3.63) is 154 Å². The lowest BCUT2D eigenvalue weighted by atomic mass is 9.81. The van der Waals surface area contributed by atoms with E-state index in [-0.39, 0.29) is 0 Å². The molecule has 0 N–H and O–H groups in total. The van der Waals surface area contributed by atoms with Crippen LogP contribution in [0.1, 0.15) is 66.6 Å². The standard InChI is InChI=1S/C42H35N/c1-28-12-9-20-33-32(28)19-10-21-34(33)42-37-17-7-5-15-35(37)41(36-16-6-8-18-38(36)42)31-26-24-30(25-27-31)40-23-11-22-39(43-40)29-13-3-2-4-14-29/h3,5-9,11-20,22-24,26H,2,4,10,21,25,27H2,1H3. The van der Waals surface area contributed by atoms with E-state index < -0.39 is 0 Å². The number of hydrogen-bond acceptors (Lipinski definition) is 1. The lowest BCUT2D eigenvalue weighted by molar-refractivity contribution is 1.03. The van der Waals surface area contributed by atoms with Crippen molar-refractivity contribution in [1.29, 1.82) is 0 Å². The van der Waals surface area contributed by atoms with Crippen LogP contribution in [0.5, 0.6) is 0 Å². The van der Waals surface area contributed by atoms with E-state index in [4.69, 9.17) is 4.98 Å². The van der Waals surface area contributed by atoms with Crippen LogP contribution < -0.4 is 10.4 Å². The molecule has 5 aromatic rings. The third kappa shape index (κ3) is 4.51. The minimum absolute atomic E-state index is 0.988. The monoisotopic (exact) mass is 553 g/mol. The largest absolute Gasteiger partial charge is 0.248 e. The summed E-state index contributed by atoms with van der Waals surface area (Å²) in [5.74, 6) is 0. The molecule has 0 fully saturated rings. The topological polar surface area (TPSA) is 12.9 Å². The maximum atomic E-state index is 5.08. The van der Waals surface area contributed by atoms with E-state index >= 15 is 0 Å². The quantitative estimate of drug-likeness (QED) is 0.202. The first-order chi connectivity index (χ1) is 21.3. The molecule has 0 atom stereocenters. The zero-order valence-corrected chi connectivity index (χ0v) is 24.7. The van der Waals surface area contributed by atoms with Crippen LogP contribution in [0, 0.1) is 6.92 Å². The summed E-state index contributed by atoms with van der Waals surface area (Å²) in [7, 11) is 0. The van der Waals surface area contributed by atoms with Crippen molar-refractivity contribution in [2.45, 2.75) is 45.4 Å². The van der Waals surface area contributed by atoms with Gasteiger partial charge in [0.2, 0.25) is 0 Å². The minimum Gasteiger partial charge on any atom is -0.248 e. The van der Waals surface area contributed by atoms with Gasteiger partial charge in [-0.25, -0.2) is 4.98 Å². The van der Waals surface area contributed by atoms with Crippen LogP contribution in [0.2, 0.25) is 0 Å². The molecule has 0 amide bonds. The number of allylic oxidation sites excluding steroid dienone is 8. The first kappa shape index (κ1) is 25.9. The normalized spacial score (nSPS) is 16.4. The first-order valence-corrected chi connectivity index (χ1v) is 15.7. The molecule has 4 aromatic carbocycles.